The van der Waals surface area contributed by atoms with E-state index < -0.39 is 32.7 Å². The fraction of sp³-hybridized carbons (Fsp3) is 0.480. The lowest BCUT2D eigenvalue weighted by molar-refractivity contribution is 0.0342. The van der Waals surface area contributed by atoms with Crippen molar-refractivity contribution in [1.29, 1.82) is 0 Å². The molecular weight excluding hydrogens is 473 g/mol. The minimum absolute atomic E-state index is 0.115. The molecule has 1 unspecified atom stereocenters. The molecule has 2 N–H and O–H groups in total. The highest BCUT2D eigenvalue weighted by molar-refractivity contribution is 7.90. The average Bonchev–Trinajstić information content (AvgIpc) is 2.79. The van der Waals surface area contributed by atoms with Crippen molar-refractivity contribution in [2.24, 2.45) is 4.99 Å². The van der Waals surface area contributed by atoms with E-state index in [0.717, 1.165) is 38.4 Å². The van der Waals surface area contributed by atoms with Crippen LogP contribution in [0.5, 0.6) is 0 Å². The van der Waals surface area contributed by atoms with Crippen molar-refractivity contribution < 1.29 is 27.4 Å². The Morgan fingerprint density at radius 2 is 1.86 bits per heavy atom. The Morgan fingerprint density at radius 1 is 1.17 bits per heavy atom. The second-order valence-corrected chi connectivity index (χ2v) is 11.1. The standard InChI is InChI=1S/C25H32FN3O5S/c1-25(2)23(19-9-7-18(8-10-19)17-29-12-15-33-16-13-29)35(31,32)28-24(34-25)27-22(11-14-30)20-5-3-4-6-21(20)26/h3-10,22-23,30H,11-17H2,1-2H3,(H,27,28)/t22-,23?/m0/s1. The van der Waals surface area contributed by atoms with Crippen molar-refractivity contribution in [1.82, 2.24) is 9.62 Å². The molecule has 2 aliphatic heterocycles. The lowest BCUT2D eigenvalue weighted by atomic mass is 9.96. The average molecular weight is 506 g/mol. The zero-order valence-electron chi connectivity index (χ0n) is 20.0. The molecule has 2 fully saturated rings. The normalized spacial score (nSPS) is 23.9. The maximum absolute atomic E-state index is 14.3. The summed E-state index contributed by atoms with van der Waals surface area (Å²) < 4.78 is 54.8. The smallest absolute Gasteiger partial charge is 0.299 e. The van der Waals surface area contributed by atoms with Gasteiger partial charge in [0.25, 0.3) is 6.02 Å². The predicted molar refractivity (Wildman–Crippen MR) is 131 cm³/mol. The number of morpholine rings is 1. The minimum atomic E-state index is -3.92. The molecule has 2 atom stereocenters. The number of benzene rings is 2. The molecule has 2 aliphatic rings. The molecule has 2 aromatic rings. The van der Waals surface area contributed by atoms with Gasteiger partial charge >= 0.3 is 0 Å². The van der Waals surface area contributed by atoms with Crippen LogP contribution in [0, 0.1) is 5.82 Å². The Labute approximate surface area is 205 Å². The number of hydrogen-bond acceptors (Lipinski definition) is 7. The van der Waals surface area contributed by atoms with Gasteiger partial charge in [-0.25, -0.2) is 22.5 Å². The van der Waals surface area contributed by atoms with Crippen molar-refractivity contribution >= 4 is 16.0 Å². The Kier molecular flexibility index (Phi) is 7.75. The number of halogens is 1. The van der Waals surface area contributed by atoms with Crippen LogP contribution in [0.2, 0.25) is 0 Å². The predicted octanol–water partition coefficient (Wildman–Crippen LogP) is 2.91. The molecule has 2 saturated heterocycles. The highest BCUT2D eigenvalue weighted by atomic mass is 32.2. The van der Waals surface area contributed by atoms with Gasteiger partial charge in [-0.15, -0.1) is 0 Å². The topological polar surface area (TPSA) is 100 Å². The molecule has 2 aromatic carbocycles. The lowest BCUT2D eigenvalue weighted by Crippen LogP contribution is -2.53. The summed E-state index contributed by atoms with van der Waals surface area (Å²) in [5.74, 6) is -0.483. The first kappa shape index (κ1) is 25.6. The van der Waals surface area contributed by atoms with Gasteiger partial charge in [0, 0.05) is 31.8 Å². The number of amidine groups is 1. The van der Waals surface area contributed by atoms with Gasteiger partial charge in [0.2, 0.25) is 10.0 Å². The number of ether oxygens (including phenoxy) is 2. The first-order valence-electron chi connectivity index (χ1n) is 11.7. The second kappa shape index (κ2) is 10.6. The molecule has 8 nitrogen and oxygen atoms in total. The molecule has 0 aromatic heterocycles. The van der Waals surface area contributed by atoms with E-state index >= 15 is 0 Å². The molecule has 0 aliphatic carbocycles. The van der Waals surface area contributed by atoms with E-state index in [1.807, 2.05) is 24.3 Å². The van der Waals surface area contributed by atoms with Gasteiger partial charge in [-0.2, -0.15) is 0 Å². The van der Waals surface area contributed by atoms with Crippen LogP contribution in [-0.2, 0) is 26.0 Å². The fourth-order valence-electron chi connectivity index (χ4n) is 4.63. The maximum Gasteiger partial charge on any atom is 0.299 e. The maximum atomic E-state index is 14.3. The van der Waals surface area contributed by atoms with Crippen molar-refractivity contribution in [3.8, 4) is 0 Å². The van der Waals surface area contributed by atoms with E-state index in [4.69, 9.17) is 9.47 Å². The van der Waals surface area contributed by atoms with E-state index in [2.05, 4.69) is 14.6 Å². The number of nitrogens with one attached hydrogen (secondary N) is 1. The monoisotopic (exact) mass is 505 g/mol. The summed E-state index contributed by atoms with van der Waals surface area (Å²) in [6.45, 7) is 7.09. The molecule has 0 radical (unpaired) electrons. The molecule has 0 bridgehead atoms. The molecular formula is C25H32FN3O5S. The molecule has 10 heteroatoms. The Balaban J connectivity index is 1.56. The largest absolute Gasteiger partial charge is 0.457 e. The van der Waals surface area contributed by atoms with E-state index in [1.165, 1.54) is 6.07 Å². The summed E-state index contributed by atoms with van der Waals surface area (Å²) in [7, 11) is -3.92. The Bertz CT molecular complexity index is 1150. The number of rotatable bonds is 7. The van der Waals surface area contributed by atoms with Crippen LogP contribution in [0.15, 0.2) is 53.5 Å². The van der Waals surface area contributed by atoms with Crippen LogP contribution in [0.4, 0.5) is 4.39 Å². The first-order chi connectivity index (χ1) is 16.7. The van der Waals surface area contributed by atoms with Crippen LogP contribution in [0.3, 0.4) is 0 Å². The molecule has 0 saturated carbocycles. The highest BCUT2D eigenvalue weighted by Gasteiger charge is 2.48. The van der Waals surface area contributed by atoms with Crippen LogP contribution < -0.4 is 4.72 Å². The van der Waals surface area contributed by atoms with Gasteiger partial charge in [0.15, 0.2) is 0 Å². The number of aliphatic imine (C=N–C) groups is 1. The van der Waals surface area contributed by atoms with Crippen LogP contribution in [0.1, 0.15) is 48.3 Å². The summed E-state index contributed by atoms with van der Waals surface area (Å²) in [6.07, 6.45) is 0.115. The van der Waals surface area contributed by atoms with Gasteiger partial charge in [-0.1, -0.05) is 42.5 Å². The number of hydrogen-bond donors (Lipinski definition) is 2. The fourth-order valence-corrected chi connectivity index (χ4v) is 6.39. The van der Waals surface area contributed by atoms with E-state index in [-0.39, 0.29) is 24.6 Å². The quantitative estimate of drug-likeness (QED) is 0.600. The molecule has 0 amide bonds. The summed E-state index contributed by atoms with van der Waals surface area (Å²) in [5.41, 5.74) is 0.809. The minimum Gasteiger partial charge on any atom is -0.457 e. The first-order valence-corrected chi connectivity index (χ1v) is 13.3. The number of aliphatic hydroxyl groups is 1. The van der Waals surface area contributed by atoms with E-state index in [1.54, 1.807) is 32.0 Å². The van der Waals surface area contributed by atoms with E-state index in [9.17, 15) is 17.9 Å². The van der Waals surface area contributed by atoms with Gasteiger partial charge in [0.1, 0.15) is 16.7 Å². The van der Waals surface area contributed by atoms with Gasteiger partial charge in [-0.3, -0.25) is 4.90 Å². The third-order valence-electron chi connectivity index (χ3n) is 6.26. The summed E-state index contributed by atoms with van der Waals surface area (Å²) in [6, 6.07) is 12.6. The SMILES string of the molecule is CC1(C)OC(=N[C@@H](CCO)c2ccccc2F)NS(=O)(=O)C1c1ccc(CN2CCOCC2)cc1. The molecule has 0 spiro atoms. The van der Waals surface area contributed by atoms with Gasteiger partial charge in [0.05, 0.1) is 19.3 Å². The molecule has 190 valence electrons. The molecule has 2 heterocycles. The Morgan fingerprint density at radius 3 is 2.49 bits per heavy atom. The lowest BCUT2D eigenvalue weighted by Gasteiger charge is -2.39. The summed E-state index contributed by atoms with van der Waals surface area (Å²) >= 11 is 0. The zero-order valence-corrected chi connectivity index (χ0v) is 20.8. The highest BCUT2D eigenvalue weighted by Crippen LogP contribution is 2.39. The van der Waals surface area contributed by atoms with Crippen molar-refractivity contribution in [3.63, 3.8) is 0 Å². The van der Waals surface area contributed by atoms with E-state index in [0.29, 0.717) is 5.56 Å². The van der Waals surface area contributed by atoms with Gasteiger partial charge < -0.3 is 14.6 Å². The van der Waals surface area contributed by atoms with Crippen LogP contribution >= 0.6 is 0 Å². The number of nitrogens with zero attached hydrogens (tertiary/aromatic N) is 2. The third-order valence-corrected chi connectivity index (χ3v) is 8.18. The second-order valence-electron chi connectivity index (χ2n) is 9.35. The summed E-state index contributed by atoms with van der Waals surface area (Å²) in [4.78, 5) is 6.64. The van der Waals surface area contributed by atoms with Crippen molar-refractivity contribution in [3.05, 3.63) is 71.0 Å². The van der Waals surface area contributed by atoms with Crippen molar-refractivity contribution in [2.75, 3.05) is 32.9 Å². The van der Waals surface area contributed by atoms with Crippen LogP contribution in [-0.4, -0.2) is 63.0 Å². The van der Waals surface area contributed by atoms with Gasteiger partial charge in [-0.05, 0) is 37.5 Å². The van der Waals surface area contributed by atoms with Crippen molar-refractivity contribution in [2.45, 2.75) is 43.7 Å². The zero-order chi connectivity index (χ0) is 25.1. The Hall–Kier alpha value is -2.53. The number of aliphatic hydroxyl groups excluding tert-OH is 1. The molecule has 4 rings (SSSR count). The molecule has 35 heavy (non-hydrogen) atoms. The summed E-state index contributed by atoms with van der Waals surface area (Å²) in [5, 5.41) is 8.48. The third kappa shape index (κ3) is 6.00. The van der Waals surface area contributed by atoms with Crippen LogP contribution in [0.25, 0.3) is 0 Å². The number of sulfonamides is 1.